The van der Waals surface area contributed by atoms with E-state index in [1.165, 1.54) is 0 Å². The van der Waals surface area contributed by atoms with Gasteiger partial charge in [0.1, 0.15) is 11.4 Å². The maximum Gasteiger partial charge on any atom is 0.303 e. The first-order valence-corrected chi connectivity index (χ1v) is 8.33. The van der Waals surface area contributed by atoms with Gasteiger partial charge in [-0.15, -0.1) is 0 Å². The van der Waals surface area contributed by atoms with Gasteiger partial charge in [-0.1, -0.05) is 0 Å². The van der Waals surface area contributed by atoms with E-state index in [9.17, 15) is 9.59 Å². The summed E-state index contributed by atoms with van der Waals surface area (Å²) in [6, 6.07) is 6.78. The first-order valence-electron chi connectivity index (χ1n) is 8.33. The molecule has 0 spiro atoms. The fourth-order valence-electron chi connectivity index (χ4n) is 3.34. The smallest absolute Gasteiger partial charge is 0.303 e. The van der Waals surface area contributed by atoms with Crippen molar-refractivity contribution in [3.05, 3.63) is 35.6 Å². The van der Waals surface area contributed by atoms with Crippen LogP contribution in [0.2, 0.25) is 0 Å². The fourth-order valence-corrected chi connectivity index (χ4v) is 3.34. The second-order valence-electron chi connectivity index (χ2n) is 6.57. The van der Waals surface area contributed by atoms with Crippen molar-refractivity contribution in [2.45, 2.75) is 38.1 Å². The van der Waals surface area contributed by atoms with E-state index in [0.29, 0.717) is 11.1 Å². The third-order valence-corrected chi connectivity index (χ3v) is 4.70. The molecular weight excluding hydrogens is 322 g/mol. The topological polar surface area (TPSA) is 129 Å². The van der Waals surface area contributed by atoms with Gasteiger partial charge in [0.05, 0.1) is 0 Å². The zero-order valence-electron chi connectivity index (χ0n) is 13.7. The van der Waals surface area contributed by atoms with Gasteiger partial charge in [0.25, 0.3) is 5.91 Å². The molecule has 0 radical (unpaired) electrons. The monoisotopic (exact) mass is 343 g/mol. The Balaban J connectivity index is 1.63. The fraction of sp³-hybridized carbons (Fsp3) is 0.389. The summed E-state index contributed by atoms with van der Waals surface area (Å²) < 4.78 is 5.58. The van der Waals surface area contributed by atoms with Gasteiger partial charge in [-0.3, -0.25) is 15.0 Å². The van der Waals surface area contributed by atoms with Crippen molar-refractivity contribution in [1.82, 2.24) is 5.32 Å². The molecule has 25 heavy (non-hydrogen) atoms. The van der Waals surface area contributed by atoms with Crippen molar-refractivity contribution in [3.8, 4) is 0 Å². The number of fused-ring (bicyclic) bond motifs is 1. The molecule has 7 heteroatoms. The summed E-state index contributed by atoms with van der Waals surface area (Å²) in [5.74, 6) is -0.653. The van der Waals surface area contributed by atoms with E-state index in [1.807, 2.05) is 0 Å². The van der Waals surface area contributed by atoms with E-state index in [2.05, 4.69) is 5.32 Å². The summed E-state index contributed by atoms with van der Waals surface area (Å²) in [5, 5.41) is 20.0. The largest absolute Gasteiger partial charge is 0.481 e. The number of amidine groups is 1. The average molecular weight is 343 g/mol. The SMILES string of the molecule is N=C(N)c1ccc2oc(C(=O)NC3CCC(CC(=O)O)CC3)cc2c1. The summed E-state index contributed by atoms with van der Waals surface area (Å²) in [7, 11) is 0. The van der Waals surface area contributed by atoms with Crippen molar-refractivity contribution in [2.75, 3.05) is 0 Å². The molecule has 1 heterocycles. The highest BCUT2D eigenvalue weighted by molar-refractivity contribution is 6.00. The molecule has 1 fully saturated rings. The maximum absolute atomic E-state index is 12.4. The third kappa shape index (κ3) is 3.99. The van der Waals surface area contributed by atoms with Crippen LogP contribution in [0.5, 0.6) is 0 Å². The lowest BCUT2D eigenvalue weighted by molar-refractivity contribution is -0.138. The molecule has 1 aromatic carbocycles. The second kappa shape index (κ2) is 6.96. The van der Waals surface area contributed by atoms with Gasteiger partial charge in [-0.2, -0.15) is 0 Å². The highest BCUT2D eigenvalue weighted by Crippen LogP contribution is 2.27. The van der Waals surface area contributed by atoms with Gasteiger partial charge in [-0.05, 0) is 55.9 Å². The molecule has 1 aromatic heterocycles. The number of benzene rings is 1. The van der Waals surface area contributed by atoms with Crippen molar-refractivity contribution in [1.29, 1.82) is 5.41 Å². The van der Waals surface area contributed by atoms with Crippen LogP contribution in [-0.2, 0) is 4.79 Å². The number of nitrogens with two attached hydrogens (primary N) is 1. The maximum atomic E-state index is 12.4. The number of carbonyl (C=O) groups excluding carboxylic acids is 1. The van der Waals surface area contributed by atoms with Crippen molar-refractivity contribution in [2.24, 2.45) is 11.7 Å². The van der Waals surface area contributed by atoms with Crippen LogP contribution in [-0.4, -0.2) is 28.9 Å². The van der Waals surface area contributed by atoms with Crippen LogP contribution in [0.25, 0.3) is 11.0 Å². The second-order valence-corrected chi connectivity index (χ2v) is 6.57. The Kier molecular flexibility index (Phi) is 4.74. The third-order valence-electron chi connectivity index (χ3n) is 4.70. The van der Waals surface area contributed by atoms with Crippen LogP contribution in [0.15, 0.2) is 28.7 Å². The molecule has 0 aliphatic heterocycles. The van der Waals surface area contributed by atoms with Crippen molar-refractivity contribution >= 4 is 28.7 Å². The lowest BCUT2D eigenvalue weighted by atomic mass is 9.84. The lowest BCUT2D eigenvalue weighted by Gasteiger charge is -2.27. The number of carbonyl (C=O) groups is 2. The van der Waals surface area contributed by atoms with Gasteiger partial charge in [0.2, 0.25) is 0 Å². The molecule has 0 saturated heterocycles. The predicted octanol–water partition coefficient (Wildman–Crippen LogP) is 2.48. The first kappa shape index (κ1) is 17.0. The van der Waals surface area contributed by atoms with Crippen LogP contribution < -0.4 is 11.1 Å². The first-order chi connectivity index (χ1) is 11.9. The Hall–Kier alpha value is -2.83. The molecule has 1 saturated carbocycles. The molecule has 7 nitrogen and oxygen atoms in total. The minimum atomic E-state index is -0.764. The Bertz CT molecular complexity index is 819. The van der Waals surface area contributed by atoms with Crippen molar-refractivity contribution in [3.63, 3.8) is 0 Å². The number of furan rings is 1. The molecule has 5 N–H and O–H groups in total. The van der Waals surface area contributed by atoms with E-state index >= 15 is 0 Å². The summed E-state index contributed by atoms with van der Waals surface area (Å²) >= 11 is 0. The molecule has 1 aliphatic carbocycles. The summed E-state index contributed by atoms with van der Waals surface area (Å²) in [6.45, 7) is 0. The minimum absolute atomic E-state index is 0.0350. The number of hydrogen-bond donors (Lipinski definition) is 4. The normalized spacial score (nSPS) is 20.3. The molecule has 1 aliphatic rings. The number of carboxylic acid groups (broad SMARTS) is 1. The van der Waals surface area contributed by atoms with Crippen LogP contribution in [0.4, 0.5) is 0 Å². The Morgan fingerprint density at radius 2 is 1.96 bits per heavy atom. The number of nitrogens with one attached hydrogen (secondary N) is 2. The Morgan fingerprint density at radius 3 is 2.60 bits per heavy atom. The molecule has 0 bridgehead atoms. The average Bonchev–Trinajstić information content (AvgIpc) is 2.99. The van der Waals surface area contributed by atoms with Gasteiger partial charge >= 0.3 is 5.97 Å². The Morgan fingerprint density at radius 1 is 1.24 bits per heavy atom. The zero-order valence-corrected chi connectivity index (χ0v) is 13.7. The van der Waals surface area contributed by atoms with Gasteiger partial charge in [0, 0.05) is 23.4 Å². The molecule has 2 aromatic rings. The number of amides is 1. The standard InChI is InChI=1S/C18H21N3O4/c19-17(20)11-3-6-14-12(8-11)9-15(25-14)18(24)21-13-4-1-10(2-5-13)7-16(22)23/h3,6,8-10,13H,1-2,4-5,7H2,(H3,19,20)(H,21,24)(H,22,23). The van der Waals surface area contributed by atoms with Gasteiger partial charge in [0.15, 0.2) is 5.76 Å². The number of rotatable bonds is 5. The number of aliphatic carboxylic acids is 1. The van der Waals surface area contributed by atoms with E-state index in [0.717, 1.165) is 31.1 Å². The van der Waals surface area contributed by atoms with Crippen LogP contribution in [0.3, 0.4) is 0 Å². The molecule has 0 unspecified atom stereocenters. The summed E-state index contributed by atoms with van der Waals surface area (Å²) in [4.78, 5) is 23.2. The predicted molar refractivity (Wildman–Crippen MR) is 92.7 cm³/mol. The number of hydrogen-bond acceptors (Lipinski definition) is 4. The minimum Gasteiger partial charge on any atom is -0.481 e. The highest BCUT2D eigenvalue weighted by atomic mass is 16.4. The van der Waals surface area contributed by atoms with Crippen LogP contribution >= 0.6 is 0 Å². The van der Waals surface area contributed by atoms with E-state index < -0.39 is 5.97 Å². The molecular formula is C18H21N3O4. The highest BCUT2D eigenvalue weighted by Gasteiger charge is 2.25. The lowest BCUT2D eigenvalue weighted by Crippen LogP contribution is -2.37. The van der Waals surface area contributed by atoms with E-state index in [-0.39, 0.29) is 35.9 Å². The van der Waals surface area contributed by atoms with Gasteiger partial charge in [-0.25, -0.2) is 0 Å². The number of nitrogen functional groups attached to an aromatic ring is 1. The van der Waals surface area contributed by atoms with E-state index in [1.54, 1.807) is 24.3 Å². The zero-order chi connectivity index (χ0) is 18.0. The quantitative estimate of drug-likeness (QED) is 0.489. The molecule has 1 amide bonds. The number of carboxylic acids is 1. The van der Waals surface area contributed by atoms with Crippen LogP contribution in [0, 0.1) is 11.3 Å². The molecule has 0 atom stereocenters. The molecule has 132 valence electrons. The van der Waals surface area contributed by atoms with Crippen molar-refractivity contribution < 1.29 is 19.1 Å². The summed E-state index contributed by atoms with van der Waals surface area (Å²) in [5.41, 5.74) is 6.62. The Labute approximate surface area is 144 Å². The van der Waals surface area contributed by atoms with Crippen LogP contribution in [0.1, 0.15) is 48.2 Å². The van der Waals surface area contributed by atoms with Gasteiger partial charge < -0.3 is 20.6 Å². The molecule has 3 rings (SSSR count). The summed E-state index contributed by atoms with van der Waals surface area (Å²) in [6.07, 6.45) is 3.36. The van der Waals surface area contributed by atoms with E-state index in [4.69, 9.17) is 20.7 Å².